The molecule has 34 heavy (non-hydrogen) atoms. The second kappa shape index (κ2) is 10.9. The van der Waals surface area contributed by atoms with Crippen LogP contribution in [0.4, 0.5) is 18.0 Å². The quantitative estimate of drug-likeness (QED) is 0.323. The van der Waals surface area contributed by atoms with Gasteiger partial charge in [0.25, 0.3) is 0 Å². The van der Waals surface area contributed by atoms with Gasteiger partial charge in [-0.05, 0) is 37.7 Å². The van der Waals surface area contributed by atoms with Crippen molar-refractivity contribution in [2.24, 2.45) is 5.73 Å². The Balaban J connectivity index is 1.69. The van der Waals surface area contributed by atoms with Gasteiger partial charge in [0.05, 0.1) is 18.8 Å². The van der Waals surface area contributed by atoms with Crippen LogP contribution in [-0.2, 0) is 26.0 Å². The molecule has 2 unspecified atom stereocenters. The number of hydrogen-bond acceptors (Lipinski definition) is 5. The number of nitrogens with zero attached hydrogens (tertiary/aromatic N) is 1. The van der Waals surface area contributed by atoms with Gasteiger partial charge in [-0.15, -0.1) is 0 Å². The number of rotatable bonds is 10. The van der Waals surface area contributed by atoms with E-state index in [2.05, 4.69) is 10.6 Å². The van der Waals surface area contributed by atoms with Crippen LogP contribution in [0.15, 0.2) is 6.07 Å². The summed E-state index contributed by atoms with van der Waals surface area (Å²) in [6, 6.07) is -0.874. The van der Waals surface area contributed by atoms with Gasteiger partial charge in [0.15, 0.2) is 11.6 Å². The zero-order valence-electron chi connectivity index (χ0n) is 18.8. The molecule has 3 rings (SSSR count). The molecule has 1 aromatic rings. The molecule has 0 saturated carbocycles. The molecule has 3 atom stereocenters. The van der Waals surface area contributed by atoms with E-state index in [9.17, 15) is 26.8 Å². The molecule has 0 radical (unpaired) electrons. The van der Waals surface area contributed by atoms with Crippen LogP contribution in [0.1, 0.15) is 42.7 Å². The van der Waals surface area contributed by atoms with Crippen LogP contribution < -0.4 is 16.4 Å². The lowest BCUT2D eigenvalue weighted by Crippen LogP contribution is -2.49. The number of methoxy groups -OCH3 is 1. The predicted octanol–water partition coefficient (Wildman–Crippen LogP) is 1.12. The number of primary amides is 1. The Morgan fingerprint density at radius 1 is 1.12 bits per heavy atom. The summed E-state index contributed by atoms with van der Waals surface area (Å²) in [5.41, 5.74) is 4.31. The summed E-state index contributed by atoms with van der Waals surface area (Å²) in [6.45, 7) is 0.492. The van der Waals surface area contributed by atoms with E-state index < -0.39 is 69.4 Å². The third kappa shape index (κ3) is 5.81. The fourth-order valence-electron chi connectivity index (χ4n) is 4.90. The standard InChI is InChI=1S/C21H29F3N4O5S/c1-33-6-4-26-21(30)27-5-7-34(31,32)28-14-2-3-15(28)9-12(8-14)18-19(23)13(11-17(25)29)10-16(22)20(18)24/h10,12,14-15H,2-9,11H2,1H3,(H2,25,29)(H2,26,27,30)/t12?,14-,15?/m1/s1. The largest absolute Gasteiger partial charge is 0.383 e. The monoisotopic (exact) mass is 506 g/mol. The molecule has 9 nitrogen and oxygen atoms in total. The number of halogens is 3. The molecule has 2 saturated heterocycles. The van der Waals surface area contributed by atoms with Crippen LogP contribution >= 0.6 is 0 Å². The van der Waals surface area contributed by atoms with E-state index in [1.165, 1.54) is 11.4 Å². The molecule has 190 valence electrons. The Morgan fingerprint density at radius 2 is 1.74 bits per heavy atom. The highest BCUT2D eigenvalue weighted by Crippen LogP contribution is 2.46. The van der Waals surface area contributed by atoms with Gasteiger partial charge in [-0.2, -0.15) is 4.31 Å². The fourth-order valence-corrected chi connectivity index (χ4v) is 6.77. The maximum Gasteiger partial charge on any atom is 0.314 e. The first-order valence-corrected chi connectivity index (χ1v) is 12.6. The van der Waals surface area contributed by atoms with Crippen LogP contribution in [-0.4, -0.2) is 69.3 Å². The fraction of sp³-hybridized carbons (Fsp3) is 0.619. The number of carbonyl (C=O) groups is 2. The topological polar surface area (TPSA) is 131 Å². The van der Waals surface area contributed by atoms with Gasteiger partial charge in [-0.25, -0.2) is 26.4 Å². The number of sulfonamides is 1. The SMILES string of the molecule is COCCNC(=O)NCCS(=O)(=O)N1C2CC[C@@H]1CC(c1c(F)c(F)cc(CC(N)=O)c1F)C2. The third-order valence-electron chi connectivity index (χ3n) is 6.26. The van der Waals surface area contributed by atoms with Crippen LogP contribution in [0.2, 0.25) is 0 Å². The molecule has 2 aliphatic heterocycles. The minimum atomic E-state index is -3.75. The summed E-state index contributed by atoms with van der Waals surface area (Å²) in [5, 5.41) is 4.99. The van der Waals surface area contributed by atoms with Crippen molar-refractivity contribution in [1.29, 1.82) is 0 Å². The molecule has 0 aromatic heterocycles. The van der Waals surface area contributed by atoms with Crippen molar-refractivity contribution in [3.05, 3.63) is 34.6 Å². The lowest BCUT2D eigenvalue weighted by Gasteiger charge is -2.38. The van der Waals surface area contributed by atoms with Crippen molar-refractivity contribution in [3.8, 4) is 0 Å². The van der Waals surface area contributed by atoms with Crippen molar-refractivity contribution in [2.45, 2.75) is 50.1 Å². The van der Waals surface area contributed by atoms with E-state index in [4.69, 9.17) is 10.5 Å². The van der Waals surface area contributed by atoms with Gasteiger partial charge in [0.1, 0.15) is 5.82 Å². The van der Waals surface area contributed by atoms with Crippen molar-refractivity contribution >= 4 is 22.0 Å². The molecular formula is C21H29F3N4O5S. The number of nitrogens with two attached hydrogens (primary N) is 1. The molecule has 4 N–H and O–H groups in total. The maximum atomic E-state index is 15.0. The molecule has 1 aromatic carbocycles. The Labute approximate surface area is 196 Å². The number of benzene rings is 1. The number of nitrogens with one attached hydrogen (secondary N) is 2. The smallest absolute Gasteiger partial charge is 0.314 e. The second-order valence-corrected chi connectivity index (χ2v) is 10.6. The zero-order valence-corrected chi connectivity index (χ0v) is 19.6. The van der Waals surface area contributed by atoms with Gasteiger partial charge in [0, 0.05) is 43.4 Å². The van der Waals surface area contributed by atoms with Gasteiger partial charge in [0.2, 0.25) is 15.9 Å². The Kier molecular flexibility index (Phi) is 8.42. The van der Waals surface area contributed by atoms with E-state index in [-0.39, 0.29) is 37.2 Å². The number of hydrogen-bond donors (Lipinski definition) is 3. The minimum Gasteiger partial charge on any atom is -0.383 e. The number of amides is 3. The predicted molar refractivity (Wildman–Crippen MR) is 117 cm³/mol. The van der Waals surface area contributed by atoms with E-state index in [1.54, 1.807) is 0 Å². The summed E-state index contributed by atoms with van der Waals surface area (Å²) in [5.74, 6) is -5.55. The lowest BCUT2D eigenvalue weighted by molar-refractivity contribution is -0.117. The molecular weight excluding hydrogens is 477 g/mol. The lowest BCUT2D eigenvalue weighted by atomic mass is 9.84. The number of fused-ring (bicyclic) bond motifs is 2. The summed E-state index contributed by atoms with van der Waals surface area (Å²) in [6.07, 6.45) is 0.695. The Bertz CT molecular complexity index is 1030. The highest BCUT2D eigenvalue weighted by Gasteiger charge is 2.48. The van der Waals surface area contributed by atoms with E-state index in [1.807, 2.05) is 0 Å². The molecule has 0 aliphatic carbocycles. The molecule has 0 spiro atoms. The zero-order chi connectivity index (χ0) is 25.0. The first kappa shape index (κ1) is 26.2. The van der Waals surface area contributed by atoms with Crippen LogP contribution in [0.5, 0.6) is 0 Å². The summed E-state index contributed by atoms with van der Waals surface area (Å²) in [4.78, 5) is 22.9. The third-order valence-corrected chi connectivity index (χ3v) is 8.22. The first-order chi connectivity index (χ1) is 16.0. The highest BCUT2D eigenvalue weighted by atomic mass is 32.2. The number of piperidine rings is 1. The van der Waals surface area contributed by atoms with Crippen LogP contribution in [0.25, 0.3) is 0 Å². The van der Waals surface area contributed by atoms with Crippen molar-refractivity contribution < 1.29 is 35.9 Å². The van der Waals surface area contributed by atoms with E-state index in [0.717, 1.165) is 0 Å². The van der Waals surface area contributed by atoms with Gasteiger partial charge in [-0.1, -0.05) is 0 Å². The first-order valence-electron chi connectivity index (χ1n) is 11.0. The summed E-state index contributed by atoms with van der Waals surface area (Å²) in [7, 11) is -2.27. The molecule has 2 bridgehead atoms. The number of carbonyl (C=O) groups excluding carboxylic acids is 2. The molecule has 13 heteroatoms. The molecule has 2 aliphatic rings. The summed E-state index contributed by atoms with van der Waals surface area (Å²) < 4.78 is 75.9. The van der Waals surface area contributed by atoms with Crippen LogP contribution in [0.3, 0.4) is 0 Å². The van der Waals surface area contributed by atoms with Gasteiger partial charge >= 0.3 is 6.03 Å². The Hall–Kier alpha value is -2.38. The van der Waals surface area contributed by atoms with Crippen LogP contribution in [0, 0.1) is 17.5 Å². The molecule has 2 fully saturated rings. The minimum absolute atomic E-state index is 0.107. The Morgan fingerprint density at radius 3 is 2.32 bits per heavy atom. The maximum absolute atomic E-state index is 15.0. The van der Waals surface area contributed by atoms with Crippen molar-refractivity contribution in [3.63, 3.8) is 0 Å². The van der Waals surface area contributed by atoms with Crippen molar-refractivity contribution in [2.75, 3.05) is 32.6 Å². The van der Waals surface area contributed by atoms with E-state index >= 15 is 4.39 Å². The average molecular weight is 507 g/mol. The normalized spacial score (nSPS) is 22.5. The van der Waals surface area contributed by atoms with Gasteiger partial charge in [-0.3, -0.25) is 4.79 Å². The van der Waals surface area contributed by atoms with Gasteiger partial charge < -0.3 is 21.1 Å². The molecule has 3 amide bonds. The molecule has 2 heterocycles. The summed E-state index contributed by atoms with van der Waals surface area (Å²) >= 11 is 0. The average Bonchev–Trinajstić information content (AvgIpc) is 3.04. The highest BCUT2D eigenvalue weighted by molar-refractivity contribution is 7.89. The van der Waals surface area contributed by atoms with E-state index in [0.29, 0.717) is 25.5 Å². The van der Waals surface area contributed by atoms with Crippen molar-refractivity contribution in [1.82, 2.24) is 14.9 Å². The second-order valence-electron chi connectivity index (χ2n) is 8.58. The number of urea groups is 1. The number of ether oxygens (including phenoxy) is 1.